The van der Waals surface area contributed by atoms with E-state index >= 15 is 0 Å². The van der Waals surface area contributed by atoms with Crippen LogP contribution in [-0.2, 0) is 9.47 Å². The fraction of sp³-hybridized carbons (Fsp3) is 0.538. The molecular formula is C13H18N2O4. The molecule has 2 heterocycles. The Morgan fingerprint density at radius 3 is 2.68 bits per heavy atom. The minimum Gasteiger partial charge on any atom is -0.619 e. The maximum Gasteiger partial charge on any atom is 0.340 e. The molecule has 104 valence electrons. The number of pyridine rings is 1. The summed E-state index contributed by atoms with van der Waals surface area (Å²) in [5, 5.41) is 11.5. The molecule has 0 N–H and O–H groups in total. The van der Waals surface area contributed by atoms with Crippen LogP contribution in [0.4, 0.5) is 5.69 Å². The van der Waals surface area contributed by atoms with Crippen LogP contribution in [0.25, 0.3) is 0 Å². The summed E-state index contributed by atoms with van der Waals surface area (Å²) in [6, 6.07) is 1.67. The first kappa shape index (κ1) is 13.6. The number of aromatic nitrogens is 1. The Balaban J connectivity index is 2.46. The molecule has 0 aliphatic carbocycles. The van der Waals surface area contributed by atoms with Crippen molar-refractivity contribution in [2.45, 2.75) is 25.9 Å². The lowest BCUT2D eigenvalue weighted by molar-refractivity contribution is -0.604. The fourth-order valence-electron chi connectivity index (χ4n) is 2.43. The first-order valence-electron chi connectivity index (χ1n) is 6.21. The molecule has 1 aliphatic heterocycles. The number of carbonyl (C=O) groups excluding carboxylic acids is 1. The number of anilines is 1. The van der Waals surface area contributed by atoms with Crippen molar-refractivity contribution in [3.63, 3.8) is 0 Å². The smallest absolute Gasteiger partial charge is 0.340 e. The van der Waals surface area contributed by atoms with E-state index in [9.17, 15) is 10.0 Å². The van der Waals surface area contributed by atoms with E-state index in [1.165, 1.54) is 25.6 Å². The minimum atomic E-state index is -0.443. The first-order valence-corrected chi connectivity index (χ1v) is 6.21. The van der Waals surface area contributed by atoms with E-state index in [1.54, 1.807) is 0 Å². The van der Waals surface area contributed by atoms with Gasteiger partial charge in [-0.1, -0.05) is 0 Å². The third kappa shape index (κ3) is 2.63. The Morgan fingerprint density at radius 2 is 2.11 bits per heavy atom. The maximum absolute atomic E-state index is 11.8. The SMILES string of the molecule is COC(=O)c1cc[n+]([O-])cc1N1C(C)COC[C@H]1C. The van der Waals surface area contributed by atoms with Gasteiger partial charge in [0.15, 0.2) is 6.20 Å². The van der Waals surface area contributed by atoms with Gasteiger partial charge in [0.05, 0.1) is 38.0 Å². The number of esters is 1. The number of hydrogen-bond acceptors (Lipinski definition) is 5. The van der Waals surface area contributed by atoms with Gasteiger partial charge in [0, 0.05) is 6.07 Å². The molecule has 19 heavy (non-hydrogen) atoms. The molecular weight excluding hydrogens is 248 g/mol. The van der Waals surface area contributed by atoms with Crippen LogP contribution in [0.1, 0.15) is 24.2 Å². The lowest BCUT2D eigenvalue weighted by atomic mass is 10.1. The van der Waals surface area contributed by atoms with Gasteiger partial charge in [-0.15, -0.1) is 0 Å². The number of carbonyl (C=O) groups is 1. The molecule has 6 heteroatoms. The Morgan fingerprint density at radius 1 is 1.47 bits per heavy atom. The van der Waals surface area contributed by atoms with E-state index in [1.807, 2.05) is 18.7 Å². The normalized spacial score (nSPS) is 23.2. The Hall–Kier alpha value is -1.82. The van der Waals surface area contributed by atoms with Crippen molar-refractivity contribution in [2.75, 3.05) is 25.2 Å². The average molecular weight is 266 g/mol. The summed E-state index contributed by atoms with van der Waals surface area (Å²) in [5.41, 5.74) is 0.989. The zero-order valence-electron chi connectivity index (χ0n) is 11.3. The van der Waals surface area contributed by atoms with Gasteiger partial charge in [-0.3, -0.25) is 0 Å². The van der Waals surface area contributed by atoms with Crippen LogP contribution in [0.5, 0.6) is 0 Å². The first-order chi connectivity index (χ1) is 9.04. The van der Waals surface area contributed by atoms with Crippen molar-refractivity contribution >= 4 is 11.7 Å². The summed E-state index contributed by atoms with van der Waals surface area (Å²) in [6.45, 7) is 5.13. The number of methoxy groups -OCH3 is 1. The number of rotatable bonds is 2. The zero-order chi connectivity index (χ0) is 14.0. The molecule has 2 atom stereocenters. The summed E-state index contributed by atoms with van der Waals surface area (Å²) in [6.07, 6.45) is 2.70. The monoisotopic (exact) mass is 266 g/mol. The highest BCUT2D eigenvalue weighted by Gasteiger charge is 2.30. The second-order valence-electron chi connectivity index (χ2n) is 4.74. The van der Waals surface area contributed by atoms with E-state index in [0.29, 0.717) is 29.2 Å². The van der Waals surface area contributed by atoms with Crippen molar-refractivity contribution in [1.82, 2.24) is 0 Å². The third-order valence-electron chi connectivity index (χ3n) is 3.26. The third-order valence-corrected chi connectivity index (χ3v) is 3.26. The molecule has 0 aromatic carbocycles. The quantitative estimate of drug-likeness (QED) is 0.448. The average Bonchev–Trinajstić information content (AvgIpc) is 2.38. The van der Waals surface area contributed by atoms with Gasteiger partial charge < -0.3 is 19.6 Å². The number of nitrogens with zero attached hydrogens (tertiary/aromatic N) is 2. The van der Waals surface area contributed by atoms with Crippen LogP contribution in [0.15, 0.2) is 18.5 Å². The largest absolute Gasteiger partial charge is 0.619 e. The lowest BCUT2D eigenvalue weighted by Crippen LogP contribution is -2.51. The predicted molar refractivity (Wildman–Crippen MR) is 69.0 cm³/mol. The van der Waals surface area contributed by atoms with Crippen LogP contribution in [0.2, 0.25) is 0 Å². The summed E-state index contributed by atoms with van der Waals surface area (Å²) >= 11 is 0. The predicted octanol–water partition coefficient (Wildman–Crippen LogP) is 0.720. The summed E-state index contributed by atoms with van der Waals surface area (Å²) in [7, 11) is 1.33. The molecule has 0 radical (unpaired) electrons. The molecule has 1 fully saturated rings. The van der Waals surface area contributed by atoms with Crippen molar-refractivity contribution in [2.24, 2.45) is 0 Å². The van der Waals surface area contributed by atoms with Crippen molar-refractivity contribution in [3.05, 3.63) is 29.2 Å². The van der Waals surface area contributed by atoms with Gasteiger partial charge in [-0.25, -0.2) is 4.79 Å². The molecule has 1 aliphatic rings. The van der Waals surface area contributed by atoms with Crippen LogP contribution in [0, 0.1) is 5.21 Å². The van der Waals surface area contributed by atoms with Crippen LogP contribution >= 0.6 is 0 Å². The molecule has 1 unspecified atom stereocenters. The molecule has 0 saturated carbocycles. The lowest BCUT2D eigenvalue weighted by Gasteiger charge is -2.40. The van der Waals surface area contributed by atoms with E-state index in [4.69, 9.17) is 9.47 Å². The molecule has 1 saturated heterocycles. The standard InChI is InChI=1S/C13H18N2O4/c1-9-7-19-8-10(2)15(9)12-6-14(17)5-4-11(12)13(16)18-3/h4-6,9-10H,7-8H2,1-3H3/t9-,10?/m1/s1. The topological polar surface area (TPSA) is 65.7 Å². The Kier molecular flexibility index (Phi) is 3.90. The van der Waals surface area contributed by atoms with Crippen LogP contribution in [0.3, 0.4) is 0 Å². The maximum atomic E-state index is 11.8. The second kappa shape index (κ2) is 5.44. The van der Waals surface area contributed by atoms with Crippen LogP contribution < -0.4 is 9.63 Å². The number of ether oxygens (including phenoxy) is 2. The molecule has 6 nitrogen and oxygen atoms in total. The Labute approximate surface area is 112 Å². The van der Waals surface area contributed by atoms with Gasteiger partial charge >= 0.3 is 5.97 Å². The van der Waals surface area contributed by atoms with Gasteiger partial charge in [0.1, 0.15) is 5.69 Å². The van der Waals surface area contributed by atoms with Gasteiger partial charge in [-0.2, -0.15) is 4.73 Å². The number of morpholine rings is 1. The van der Waals surface area contributed by atoms with Crippen molar-refractivity contribution < 1.29 is 19.0 Å². The highest BCUT2D eigenvalue weighted by Crippen LogP contribution is 2.26. The molecule has 2 rings (SSSR count). The number of hydrogen-bond donors (Lipinski definition) is 0. The second-order valence-corrected chi connectivity index (χ2v) is 4.74. The summed E-state index contributed by atoms with van der Waals surface area (Å²) in [4.78, 5) is 13.8. The summed E-state index contributed by atoms with van der Waals surface area (Å²) < 4.78 is 10.9. The zero-order valence-corrected chi connectivity index (χ0v) is 11.3. The van der Waals surface area contributed by atoms with E-state index < -0.39 is 5.97 Å². The Bertz CT molecular complexity index is 468. The van der Waals surface area contributed by atoms with E-state index in [2.05, 4.69) is 0 Å². The van der Waals surface area contributed by atoms with E-state index in [-0.39, 0.29) is 12.1 Å². The van der Waals surface area contributed by atoms with Crippen molar-refractivity contribution in [3.8, 4) is 0 Å². The molecule has 0 bridgehead atoms. The van der Waals surface area contributed by atoms with Crippen LogP contribution in [-0.4, -0.2) is 38.4 Å². The van der Waals surface area contributed by atoms with Gasteiger partial charge in [0.2, 0.25) is 6.20 Å². The molecule has 1 aromatic heterocycles. The molecule has 0 amide bonds. The summed E-state index contributed by atoms with van der Waals surface area (Å²) in [5.74, 6) is -0.443. The van der Waals surface area contributed by atoms with E-state index in [0.717, 1.165) is 0 Å². The van der Waals surface area contributed by atoms with Gasteiger partial charge in [-0.05, 0) is 13.8 Å². The van der Waals surface area contributed by atoms with Crippen molar-refractivity contribution in [1.29, 1.82) is 0 Å². The highest BCUT2D eigenvalue weighted by molar-refractivity contribution is 5.95. The highest BCUT2D eigenvalue weighted by atomic mass is 16.5. The van der Waals surface area contributed by atoms with Gasteiger partial charge in [0.25, 0.3) is 0 Å². The molecule has 0 spiro atoms. The molecule has 1 aromatic rings. The fourth-order valence-corrected chi connectivity index (χ4v) is 2.43. The minimum absolute atomic E-state index is 0.0922.